The second-order valence-corrected chi connectivity index (χ2v) is 8.90. The number of morpholine rings is 1. The Bertz CT molecular complexity index is 1270. The Balaban J connectivity index is 1.71. The number of carbonyl (C=O) groups excluding carboxylic acids is 3. The Hall–Kier alpha value is -3.82. The van der Waals surface area contributed by atoms with Crippen molar-refractivity contribution in [3.05, 3.63) is 83.7 Å². The molecule has 3 aliphatic rings. The van der Waals surface area contributed by atoms with E-state index in [4.69, 9.17) is 4.74 Å². The van der Waals surface area contributed by atoms with Crippen LogP contribution in [0.1, 0.15) is 11.1 Å². The lowest BCUT2D eigenvalue weighted by molar-refractivity contribution is -0.144. The number of fused-ring (bicyclic) bond motifs is 2. The number of aliphatic hydroxyl groups excluding tert-OH is 1. The number of hydrogen-bond acceptors (Lipinski definition) is 6. The monoisotopic (exact) mass is 491 g/mol. The van der Waals surface area contributed by atoms with E-state index in [-0.39, 0.29) is 24.2 Å². The summed E-state index contributed by atoms with van der Waals surface area (Å²) in [6.45, 7) is 6.86. The first-order valence-corrected chi connectivity index (χ1v) is 11.8. The first-order chi connectivity index (χ1) is 17.4. The Morgan fingerprint density at radius 3 is 2.44 bits per heavy atom. The number of amides is 2. The number of aliphatic hydroxyl groups is 1. The van der Waals surface area contributed by atoms with Crippen LogP contribution < -0.4 is 4.90 Å². The highest BCUT2D eigenvalue weighted by atomic mass is 19.1. The molecule has 2 aromatic rings. The van der Waals surface area contributed by atoms with E-state index in [2.05, 4.69) is 11.5 Å². The molecule has 36 heavy (non-hydrogen) atoms. The minimum Gasteiger partial charge on any atom is -0.507 e. The molecule has 1 spiro atoms. The lowest BCUT2D eigenvalue weighted by Gasteiger charge is -2.36. The van der Waals surface area contributed by atoms with Gasteiger partial charge in [-0.15, -0.1) is 6.58 Å². The lowest BCUT2D eigenvalue weighted by atomic mass is 9.82. The molecule has 3 aliphatic heterocycles. The van der Waals surface area contributed by atoms with E-state index in [9.17, 15) is 23.9 Å². The molecular formula is C27H26FN3O5. The van der Waals surface area contributed by atoms with Gasteiger partial charge in [-0.05, 0) is 30.3 Å². The van der Waals surface area contributed by atoms with Crippen molar-refractivity contribution in [1.82, 2.24) is 9.80 Å². The number of Topliss-reactive ketones (excluding diaryl/α,β-unsaturated/α-hetero) is 1. The van der Waals surface area contributed by atoms with Crippen molar-refractivity contribution in [3.63, 3.8) is 0 Å². The standard InChI is InChI=1S/C27H26FN3O5/c1-2-11-30-21-6-4-3-5-20(21)27(26(30)35)22(23(32)18-7-9-19(28)10-8-18)24(33)25(34)31(27)13-12-29-14-16-36-17-15-29/h2-10,32H,1,11-17H2. The smallest absolute Gasteiger partial charge is 0.296 e. The zero-order valence-corrected chi connectivity index (χ0v) is 19.7. The molecule has 2 aromatic carbocycles. The van der Waals surface area contributed by atoms with Crippen LogP contribution in [-0.4, -0.2) is 78.4 Å². The predicted octanol–water partition coefficient (Wildman–Crippen LogP) is 2.27. The number of halogens is 1. The predicted molar refractivity (Wildman–Crippen MR) is 131 cm³/mol. The first kappa shape index (κ1) is 23.9. The number of benzene rings is 2. The summed E-state index contributed by atoms with van der Waals surface area (Å²) in [5.41, 5.74) is -1.06. The summed E-state index contributed by atoms with van der Waals surface area (Å²) >= 11 is 0. The number of anilines is 1. The van der Waals surface area contributed by atoms with Crippen molar-refractivity contribution < 1.29 is 28.6 Å². The summed E-state index contributed by atoms with van der Waals surface area (Å²) < 4.78 is 19.0. The highest BCUT2D eigenvalue weighted by Gasteiger charge is 2.66. The van der Waals surface area contributed by atoms with Gasteiger partial charge in [0.15, 0.2) is 5.54 Å². The average Bonchev–Trinajstić information content (AvgIpc) is 3.27. The summed E-state index contributed by atoms with van der Waals surface area (Å²) in [7, 11) is 0. The Morgan fingerprint density at radius 2 is 1.75 bits per heavy atom. The van der Waals surface area contributed by atoms with E-state index < -0.39 is 34.7 Å². The van der Waals surface area contributed by atoms with E-state index in [1.807, 2.05) is 0 Å². The number of para-hydroxylation sites is 1. The molecule has 0 aliphatic carbocycles. The maximum atomic E-state index is 14.2. The number of rotatable bonds is 6. The summed E-state index contributed by atoms with van der Waals surface area (Å²) in [5, 5.41) is 11.4. The fraction of sp³-hybridized carbons (Fsp3) is 0.296. The van der Waals surface area contributed by atoms with Crippen LogP contribution in [0.5, 0.6) is 0 Å². The van der Waals surface area contributed by atoms with Crippen LogP contribution >= 0.6 is 0 Å². The summed E-state index contributed by atoms with van der Waals surface area (Å²) in [6, 6.07) is 11.8. The first-order valence-electron chi connectivity index (χ1n) is 11.8. The maximum Gasteiger partial charge on any atom is 0.296 e. The normalized spacial score (nSPS) is 23.5. The second kappa shape index (κ2) is 9.33. The third kappa shape index (κ3) is 3.54. The number of nitrogens with zero attached hydrogens (tertiary/aromatic N) is 3. The van der Waals surface area contributed by atoms with Gasteiger partial charge in [0.05, 0.1) is 24.5 Å². The molecule has 3 heterocycles. The quantitative estimate of drug-likeness (QED) is 0.289. The van der Waals surface area contributed by atoms with Gasteiger partial charge < -0.3 is 19.6 Å². The van der Waals surface area contributed by atoms with Crippen molar-refractivity contribution in [2.75, 3.05) is 50.8 Å². The van der Waals surface area contributed by atoms with Gasteiger partial charge in [-0.25, -0.2) is 4.39 Å². The van der Waals surface area contributed by atoms with Gasteiger partial charge in [0.2, 0.25) is 0 Å². The zero-order valence-electron chi connectivity index (χ0n) is 19.7. The van der Waals surface area contributed by atoms with E-state index in [0.717, 1.165) is 12.1 Å². The van der Waals surface area contributed by atoms with E-state index >= 15 is 0 Å². The molecule has 1 unspecified atom stereocenters. The lowest BCUT2D eigenvalue weighted by Crippen LogP contribution is -2.54. The molecule has 0 bridgehead atoms. The van der Waals surface area contributed by atoms with Crippen LogP contribution in [0.25, 0.3) is 5.76 Å². The van der Waals surface area contributed by atoms with E-state index in [1.165, 1.54) is 21.9 Å². The van der Waals surface area contributed by atoms with Gasteiger partial charge in [0.25, 0.3) is 17.6 Å². The molecular weight excluding hydrogens is 465 g/mol. The van der Waals surface area contributed by atoms with Crippen LogP contribution in [0.2, 0.25) is 0 Å². The van der Waals surface area contributed by atoms with Gasteiger partial charge in [-0.1, -0.05) is 24.3 Å². The van der Waals surface area contributed by atoms with E-state index in [0.29, 0.717) is 44.1 Å². The molecule has 0 saturated carbocycles. The molecule has 2 fully saturated rings. The van der Waals surface area contributed by atoms with Crippen molar-refractivity contribution in [3.8, 4) is 0 Å². The molecule has 1 atom stereocenters. The van der Waals surface area contributed by atoms with E-state index in [1.54, 1.807) is 30.3 Å². The van der Waals surface area contributed by atoms with Gasteiger partial charge in [0, 0.05) is 43.9 Å². The van der Waals surface area contributed by atoms with Crippen LogP contribution in [0.3, 0.4) is 0 Å². The van der Waals surface area contributed by atoms with Crippen LogP contribution in [0.15, 0.2) is 66.8 Å². The molecule has 0 aromatic heterocycles. The van der Waals surface area contributed by atoms with Crippen LogP contribution in [0.4, 0.5) is 10.1 Å². The minimum atomic E-state index is -1.85. The SMILES string of the molecule is C=CCN1C(=O)C2(C(=C(O)c3ccc(F)cc3)C(=O)C(=O)N2CCN2CCOCC2)c2ccccc21. The highest BCUT2D eigenvalue weighted by molar-refractivity contribution is 6.50. The maximum absolute atomic E-state index is 14.2. The third-order valence-electron chi connectivity index (χ3n) is 6.98. The van der Waals surface area contributed by atoms with Crippen molar-refractivity contribution in [2.45, 2.75) is 5.54 Å². The summed E-state index contributed by atoms with van der Waals surface area (Å²) in [6.07, 6.45) is 1.56. The number of ketones is 1. The molecule has 186 valence electrons. The fourth-order valence-corrected chi connectivity index (χ4v) is 5.30. The van der Waals surface area contributed by atoms with Gasteiger partial charge >= 0.3 is 0 Å². The number of carbonyl (C=O) groups is 3. The van der Waals surface area contributed by atoms with Crippen LogP contribution in [0, 0.1) is 5.82 Å². The Labute approximate surface area is 207 Å². The number of ether oxygens (including phenoxy) is 1. The third-order valence-corrected chi connectivity index (χ3v) is 6.98. The Kier molecular flexibility index (Phi) is 6.19. The molecule has 1 N–H and O–H groups in total. The number of hydrogen-bond donors (Lipinski definition) is 1. The van der Waals surface area contributed by atoms with Gasteiger partial charge in [-0.2, -0.15) is 0 Å². The molecule has 8 nitrogen and oxygen atoms in total. The van der Waals surface area contributed by atoms with Crippen molar-refractivity contribution in [1.29, 1.82) is 0 Å². The Morgan fingerprint density at radius 1 is 1.06 bits per heavy atom. The fourth-order valence-electron chi connectivity index (χ4n) is 5.30. The second-order valence-electron chi connectivity index (χ2n) is 8.90. The molecule has 2 saturated heterocycles. The minimum absolute atomic E-state index is 0.0901. The number of likely N-dealkylation sites (tertiary alicyclic amines) is 1. The van der Waals surface area contributed by atoms with Crippen molar-refractivity contribution >= 4 is 29.0 Å². The van der Waals surface area contributed by atoms with Gasteiger partial charge in [0.1, 0.15) is 11.6 Å². The topological polar surface area (TPSA) is 90.4 Å². The molecule has 0 radical (unpaired) electrons. The molecule has 2 amide bonds. The zero-order chi connectivity index (χ0) is 25.4. The molecule has 9 heteroatoms. The summed E-state index contributed by atoms with van der Waals surface area (Å²) in [5.74, 6) is -3.39. The largest absolute Gasteiger partial charge is 0.507 e. The van der Waals surface area contributed by atoms with Gasteiger partial charge in [-0.3, -0.25) is 19.3 Å². The molecule has 5 rings (SSSR count). The van der Waals surface area contributed by atoms with Crippen LogP contribution in [-0.2, 0) is 24.7 Å². The average molecular weight is 492 g/mol. The summed E-state index contributed by atoms with van der Waals surface area (Å²) in [4.78, 5) is 46.1. The highest BCUT2D eigenvalue weighted by Crippen LogP contribution is 2.53. The van der Waals surface area contributed by atoms with Crippen molar-refractivity contribution in [2.24, 2.45) is 0 Å².